The number of halogens is 2. The van der Waals surface area contributed by atoms with Crippen LogP contribution in [0.15, 0.2) is 24.5 Å². The molecule has 2 N–H and O–H groups in total. The number of rotatable bonds is 4. The van der Waals surface area contributed by atoms with Gasteiger partial charge in [0.1, 0.15) is 6.04 Å². The lowest BCUT2D eigenvalue weighted by molar-refractivity contribution is -0.131. The molecule has 0 aliphatic carbocycles. The maximum absolute atomic E-state index is 13.5. The molecule has 27 heavy (non-hydrogen) atoms. The molecule has 1 aromatic rings. The molecule has 0 spiro atoms. The molecule has 0 bridgehead atoms. The van der Waals surface area contributed by atoms with E-state index in [2.05, 4.69) is 15.6 Å². The average molecular weight is 375 g/mol. The zero-order valence-electron chi connectivity index (χ0n) is 14.5. The Morgan fingerprint density at radius 1 is 1.48 bits per heavy atom. The zero-order chi connectivity index (χ0) is 19.4. The topological polar surface area (TPSA) is 98.1 Å². The Kier molecular flexibility index (Phi) is 5.46. The van der Waals surface area contributed by atoms with E-state index >= 15 is 0 Å². The normalized spacial score (nSPS) is 21.3. The highest BCUT2D eigenvalue weighted by Gasteiger charge is 2.47. The number of nitrogens with one attached hydrogen (secondary N) is 2. The number of nitrogens with zero attached hydrogens (tertiary/aromatic N) is 3. The van der Waals surface area contributed by atoms with Crippen LogP contribution < -0.4 is 10.6 Å². The molecule has 2 amide bonds. The van der Waals surface area contributed by atoms with Gasteiger partial charge in [0.05, 0.1) is 19.2 Å². The van der Waals surface area contributed by atoms with Crippen LogP contribution in [-0.2, 0) is 4.79 Å². The monoisotopic (exact) mass is 375 g/mol. The molecular weight excluding hydrogens is 356 g/mol. The second-order valence-electron chi connectivity index (χ2n) is 6.51. The smallest absolute Gasteiger partial charge is 0.268 e. The van der Waals surface area contributed by atoms with Gasteiger partial charge >= 0.3 is 0 Å². The number of nitriles is 1. The Hall–Kier alpha value is -2.86. The van der Waals surface area contributed by atoms with Gasteiger partial charge in [-0.1, -0.05) is 6.08 Å². The molecular formula is C18H19F2N5O2. The molecule has 0 aromatic carbocycles. The molecule has 0 saturated carbocycles. The van der Waals surface area contributed by atoms with E-state index in [4.69, 9.17) is 5.26 Å². The SMILES string of the molecule is N#C[C@@H]1CC(F)(F)CN1C(=O)CNC(=O)c1ccncc1C1=CCNCC1. The standard InChI is InChI=1S/C18H19F2N5O2/c19-18(20)7-13(8-21)25(11-18)16(26)10-24-17(27)14-3-6-23-9-15(14)12-1-4-22-5-2-12/h1,3,6,9,13,22H,2,4-5,7,10-11H2,(H,24,27)/t13-/m0/s1. The van der Waals surface area contributed by atoms with E-state index in [0.717, 1.165) is 23.4 Å². The molecule has 7 nitrogen and oxygen atoms in total. The lowest BCUT2D eigenvalue weighted by Gasteiger charge is -2.20. The molecule has 3 rings (SSSR count). The Morgan fingerprint density at radius 2 is 2.30 bits per heavy atom. The summed E-state index contributed by atoms with van der Waals surface area (Å²) in [6.07, 6.45) is 5.12. The van der Waals surface area contributed by atoms with E-state index < -0.39 is 43.3 Å². The minimum Gasteiger partial charge on any atom is -0.343 e. The first-order valence-corrected chi connectivity index (χ1v) is 8.60. The number of hydrogen-bond donors (Lipinski definition) is 2. The summed E-state index contributed by atoms with van der Waals surface area (Å²) in [5, 5.41) is 14.6. The summed E-state index contributed by atoms with van der Waals surface area (Å²) in [5.41, 5.74) is 2.04. The molecule has 2 aliphatic heterocycles. The zero-order valence-corrected chi connectivity index (χ0v) is 14.5. The maximum Gasteiger partial charge on any atom is 0.268 e. The molecule has 1 saturated heterocycles. The van der Waals surface area contributed by atoms with Gasteiger partial charge in [0, 0.05) is 36.5 Å². The van der Waals surface area contributed by atoms with Crippen molar-refractivity contribution in [3.63, 3.8) is 0 Å². The minimum absolute atomic E-state index is 0.370. The highest BCUT2D eigenvalue weighted by atomic mass is 19.3. The van der Waals surface area contributed by atoms with Crippen molar-refractivity contribution in [3.05, 3.63) is 35.7 Å². The number of amides is 2. The number of carbonyl (C=O) groups is 2. The van der Waals surface area contributed by atoms with E-state index in [9.17, 15) is 18.4 Å². The van der Waals surface area contributed by atoms with Crippen LogP contribution >= 0.6 is 0 Å². The van der Waals surface area contributed by atoms with E-state index in [-0.39, 0.29) is 0 Å². The predicted octanol–water partition coefficient (Wildman–Crippen LogP) is 0.948. The molecule has 1 aromatic heterocycles. The molecule has 0 unspecified atom stereocenters. The first-order chi connectivity index (χ1) is 12.9. The number of likely N-dealkylation sites (tertiary alicyclic amines) is 1. The van der Waals surface area contributed by atoms with Crippen molar-refractivity contribution in [1.82, 2.24) is 20.5 Å². The van der Waals surface area contributed by atoms with Crippen molar-refractivity contribution in [3.8, 4) is 6.07 Å². The molecule has 9 heteroatoms. The molecule has 1 atom stereocenters. The molecule has 3 heterocycles. The third kappa shape index (κ3) is 4.28. The third-order valence-electron chi connectivity index (χ3n) is 4.61. The van der Waals surface area contributed by atoms with Gasteiger partial charge < -0.3 is 15.5 Å². The maximum atomic E-state index is 13.5. The van der Waals surface area contributed by atoms with Crippen LogP contribution in [0.5, 0.6) is 0 Å². The van der Waals surface area contributed by atoms with Crippen LogP contribution in [0.3, 0.4) is 0 Å². The summed E-state index contributed by atoms with van der Waals surface area (Å²) >= 11 is 0. The van der Waals surface area contributed by atoms with Crippen LogP contribution in [0.4, 0.5) is 8.78 Å². The summed E-state index contributed by atoms with van der Waals surface area (Å²) in [5.74, 6) is -4.27. The number of alkyl halides is 2. The van der Waals surface area contributed by atoms with Crippen LogP contribution in [-0.4, -0.2) is 59.8 Å². The fourth-order valence-electron chi connectivity index (χ4n) is 3.26. The summed E-state index contributed by atoms with van der Waals surface area (Å²) in [4.78, 5) is 29.6. The van der Waals surface area contributed by atoms with Gasteiger partial charge in [-0.15, -0.1) is 0 Å². The lowest BCUT2D eigenvalue weighted by atomic mass is 9.97. The fourth-order valence-corrected chi connectivity index (χ4v) is 3.26. The van der Waals surface area contributed by atoms with Gasteiger partial charge in [0.25, 0.3) is 11.8 Å². The third-order valence-corrected chi connectivity index (χ3v) is 4.61. The lowest BCUT2D eigenvalue weighted by Crippen LogP contribution is -2.43. The predicted molar refractivity (Wildman–Crippen MR) is 92.7 cm³/mol. The summed E-state index contributed by atoms with van der Waals surface area (Å²) in [7, 11) is 0. The van der Waals surface area contributed by atoms with Crippen LogP contribution in [0.1, 0.15) is 28.8 Å². The van der Waals surface area contributed by atoms with Crippen molar-refractivity contribution >= 4 is 17.4 Å². The van der Waals surface area contributed by atoms with Crippen LogP contribution in [0.25, 0.3) is 5.57 Å². The van der Waals surface area contributed by atoms with Crippen molar-refractivity contribution in [2.75, 3.05) is 26.2 Å². The molecule has 1 fully saturated rings. The average Bonchev–Trinajstić information content (AvgIpc) is 3.01. The number of pyridine rings is 1. The van der Waals surface area contributed by atoms with Crippen molar-refractivity contribution in [1.29, 1.82) is 5.26 Å². The Labute approximate surface area is 155 Å². The first kappa shape index (κ1) is 18.9. The van der Waals surface area contributed by atoms with Crippen molar-refractivity contribution in [2.45, 2.75) is 24.8 Å². The van der Waals surface area contributed by atoms with Gasteiger partial charge in [-0.05, 0) is 24.6 Å². The second-order valence-corrected chi connectivity index (χ2v) is 6.51. The Balaban J connectivity index is 1.67. The second kappa shape index (κ2) is 7.80. The number of hydrogen-bond acceptors (Lipinski definition) is 5. The number of aromatic nitrogens is 1. The van der Waals surface area contributed by atoms with Gasteiger partial charge in [-0.25, -0.2) is 8.78 Å². The first-order valence-electron chi connectivity index (χ1n) is 8.60. The number of carbonyl (C=O) groups excluding carboxylic acids is 2. The minimum atomic E-state index is -3.08. The largest absolute Gasteiger partial charge is 0.343 e. The fraction of sp³-hybridized carbons (Fsp3) is 0.444. The van der Waals surface area contributed by atoms with Crippen LogP contribution in [0.2, 0.25) is 0 Å². The highest BCUT2D eigenvalue weighted by Crippen LogP contribution is 2.31. The molecule has 2 aliphatic rings. The van der Waals surface area contributed by atoms with Gasteiger partial charge in [0.15, 0.2) is 0 Å². The summed E-state index contributed by atoms with van der Waals surface area (Å²) in [6.45, 7) is 0.233. The summed E-state index contributed by atoms with van der Waals surface area (Å²) in [6, 6.07) is 2.09. The molecule has 142 valence electrons. The Bertz CT molecular complexity index is 818. The Morgan fingerprint density at radius 3 is 3.00 bits per heavy atom. The van der Waals surface area contributed by atoms with E-state index in [1.54, 1.807) is 18.3 Å². The summed E-state index contributed by atoms with van der Waals surface area (Å²) < 4.78 is 26.9. The van der Waals surface area contributed by atoms with Crippen molar-refractivity contribution < 1.29 is 18.4 Å². The van der Waals surface area contributed by atoms with Gasteiger partial charge in [-0.2, -0.15) is 5.26 Å². The van der Waals surface area contributed by atoms with Gasteiger partial charge in [0.2, 0.25) is 5.91 Å². The molecule has 0 radical (unpaired) electrons. The quantitative estimate of drug-likeness (QED) is 0.817. The van der Waals surface area contributed by atoms with E-state index in [1.165, 1.54) is 6.20 Å². The van der Waals surface area contributed by atoms with E-state index in [0.29, 0.717) is 17.7 Å². The highest BCUT2D eigenvalue weighted by molar-refractivity contribution is 6.00. The van der Waals surface area contributed by atoms with Gasteiger partial charge in [-0.3, -0.25) is 14.6 Å². The van der Waals surface area contributed by atoms with Crippen LogP contribution in [0, 0.1) is 11.3 Å². The van der Waals surface area contributed by atoms with Crippen molar-refractivity contribution in [2.24, 2.45) is 0 Å². The van der Waals surface area contributed by atoms with E-state index in [1.807, 2.05) is 6.08 Å².